The predicted molar refractivity (Wildman–Crippen MR) is 77.8 cm³/mol. The standard InChI is InChI=1S/C15H23NS/c1-3-16-15(11-17-2)14-9-5-8-13(10-14)12-6-4-7-12/h5,8-10,12,15-16H,3-4,6-7,11H2,1-2H3. The summed E-state index contributed by atoms with van der Waals surface area (Å²) >= 11 is 1.92. The van der Waals surface area contributed by atoms with Crippen molar-refractivity contribution >= 4 is 11.8 Å². The molecular weight excluding hydrogens is 226 g/mol. The molecule has 2 rings (SSSR count). The molecular formula is C15H23NS. The Balaban J connectivity index is 2.11. The van der Waals surface area contributed by atoms with Crippen molar-refractivity contribution in [3.63, 3.8) is 0 Å². The van der Waals surface area contributed by atoms with Crippen LogP contribution >= 0.6 is 11.8 Å². The quantitative estimate of drug-likeness (QED) is 0.819. The SMILES string of the molecule is CCNC(CSC)c1cccc(C2CCC2)c1. The zero-order valence-corrected chi connectivity index (χ0v) is 11.7. The van der Waals surface area contributed by atoms with E-state index in [1.54, 1.807) is 5.56 Å². The van der Waals surface area contributed by atoms with Gasteiger partial charge in [0.15, 0.2) is 0 Å². The Kier molecular flexibility index (Phi) is 4.93. The van der Waals surface area contributed by atoms with E-state index in [-0.39, 0.29) is 0 Å². The van der Waals surface area contributed by atoms with E-state index in [0.717, 1.165) is 18.2 Å². The second-order valence-electron chi connectivity index (χ2n) is 4.86. The van der Waals surface area contributed by atoms with Crippen LogP contribution in [-0.4, -0.2) is 18.6 Å². The summed E-state index contributed by atoms with van der Waals surface area (Å²) in [7, 11) is 0. The zero-order chi connectivity index (χ0) is 12.1. The van der Waals surface area contributed by atoms with Crippen LogP contribution in [0.25, 0.3) is 0 Å². The molecule has 0 amide bonds. The van der Waals surface area contributed by atoms with Crippen LogP contribution < -0.4 is 5.32 Å². The zero-order valence-electron chi connectivity index (χ0n) is 10.9. The molecule has 1 aromatic carbocycles. The van der Waals surface area contributed by atoms with Gasteiger partial charge < -0.3 is 5.32 Å². The van der Waals surface area contributed by atoms with Crippen molar-refractivity contribution in [1.29, 1.82) is 0 Å². The molecule has 1 N–H and O–H groups in total. The van der Waals surface area contributed by atoms with E-state index < -0.39 is 0 Å². The fraction of sp³-hybridized carbons (Fsp3) is 0.600. The number of benzene rings is 1. The van der Waals surface area contributed by atoms with E-state index in [9.17, 15) is 0 Å². The summed E-state index contributed by atoms with van der Waals surface area (Å²) < 4.78 is 0. The molecule has 1 aliphatic carbocycles. The van der Waals surface area contributed by atoms with E-state index in [0.29, 0.717) is 6.04 Å². The topological polar surface area (TPSA) is 12.0 Å². The largest absolute Gasteiger partial charge is 0.310 e. The minimum Gasteiger partial charge on any atom is -0.310 e. The maximum atomic E-state index is 3.58. The third-order valence-electron chi connectivity index (χ3n) is 3.67. The van der Waals surface area contributed by atoms with Crippen LogP contribution in [0.4, 0.5) is 0 Å². The summed E-state index contributed by atoms with van der Waals surface area (Å²) in [5.74, 6) is 1.99. The van der Waals surface area contributed by atoms with E-state index >= 15 is 0 Å². The van der Waals surface area contributed by atoms with Gasteiger partial charge in [-0.05, 0) is 42.7 Å². The van der Waals surface area contributed by atoms with Crippen LogP contribution in [0.3, 0.4) is 0 Å². The molecule has 0 radical (unpaired) electrons. The van der Waals surface area contributed by atoms with Crippen LogP contribution in [0, 0.1) is 0 Å². The Morgan fingerprint density at radius 2 is 2.24 bits per heavy atom. The molecule has 1 fully saturated rings. The maximum absolute atomic E-state index is 3.58. The van der Waals surface area contributed by atoms with Crippen LogP contribution in [0.2, 0.25) is 0 Å². The highest BCUT2D eigenvalue weighted by atomic mass is 32.2. The molecule has 1 aromatic rings. The Labute approximate surface area is 109 Å². The normalized spacial score (nSPS) is 17.8. The summed E-state index contributed by atoms with van der Waals surface area (Å²) in [6.45, 7) is 3.22. The van der Waals surface area contributed by atoms with Gasteiger partial charge in [-0.25, -0.2) is 0 Å². The van der Waals surface area contributed by atoms with E-state index in [1.165, 1.54) is 24.8 Å². The first-order valence-corrected chi connectivity index (χ1v) is 8.06. The summed E-state index contributed by atoms with van der Waals surface area (Å²) in [6.07, 6.45) is 6.37. The lowest BCUT2D eigenvalue weighted by atomic mass is 9.79. The van der Waals surface area contributed by atoms with Gasteiger partial charge in [-0.2, -0.15) is 11.8 Å². The Hall–Kier alpha value is -0.470. The highest BCUT2D eigenvalue weighted by Crippen LogP contribution is 2.37. The fourth-order valence-corrected chi connectivity index (χ4v) is 3.10. The molecule has 1 aliphatic rings. The average molecular weight is 249 g/mol. The van der Waals surface area contributed by atoms with E-state index in [2.05, 4.69) is 42.8 Å². The van der Waals surface area contributed by atoms with E-state index in [4.69, 9.17) is 0 Å². The van der Waals surface area contributed by atoms with Gasteiger partial charge in [-0.15, -0.1) is 0 Å². The second kappa shape index (κ2) is 6.46. The maximum Gasteiger partial charge on any atom is 0.0411 e. The lowest BCUT2D eigenvalue weighted by molar-refractivity contribution is 0.419. The predicted octanol–water partition coefficient (Wildman–Crippen LogP) is 3.97. The highest BCUT2D eigenvalue weighted by molar-refractivity contribution is 7.98. The molecule has 0 saturated heterocycles. The Morgan fingerprint density at radius 3 is 2.82 bits per heavy atom. The summed E-state index contributed by atoms with van der Waals surface area (Å²) in [6, 6.07) is 9.73. The first-order chi connectivity index (χ1) is 8.35. The number of thioether (sulfide) groups is 1. The third-order valence-corrected chi connectivity index (χ3v) is 4.34. The lowest BCUT2D eigenvalue weighted by Crippen LogP contribution is -2.23. The Bertz CT molecular complexity index is 341. The summed E-state index contributed by atoms with van der Waals surface area (Å²) in [4.78, 5) is 0. The van der Waals surface area contributed by atoms with Gasteiger partial charge in [0.2, 0.25) is 0 Å². The molecule has 94 valence electrons. The molecule has 1 nitrogen and oxygen atoms in total. The van der Waals surface area contributed by atoms with Crippen LogP contribution in [0.1, 0.15) is 49.3 Å². The third kappa shape index (κ3) is 3.26. The van der Waals surface area contributed by atoms with Crippen molar-refractivity contribution in [2.45, 2.75) is 38.1 Å². The number of rotatable bonds is 6. The Morgan fingerprint density at radius 1 is 1.41 bits per heavy atom. The lowest BCUT2D eigenvalue weighted by Gasteiger charge is -2.27. The highest BCUT2D eigenvalue weighted by Gasteiger charge is 2.20. The van der Waals surface area contributed by atoms with Gasteiger partial charge in [0.25, 0.3) is 0 Å². The second-order valence-corrected chi connectivity index (χ2v) is 5.77. The smallest absolute Gasteiger partial charge is 0.0411 e. The van der Waals surface area contributed by atoms with Gasteiger partial charge in [0, 0.05) is 11.8 Å². The van der Waals surface area contributed by atoms with Gasteiger partial charge in [-0.3, -0.25) is 0 Å². The number of hydrogen-bond acceptors (Lipinski definition) is 2. The molecule has 0 aromatic heterocycles. The minimum atomic E-state index is 0.509. The van der Waals surface area contributed by atoms with Crippen LogP contribution in [-0.2, 0) is 0 Å². The first-order valence-electron chi connectivity index (χ1n) is 6.67. The molecule has 0 spiro atoms. The van der Waals surface area contributed by atoms with Crippen molar-refractivity contribution < 1.29 is 0 Å². The van der Waals surface area contributed by atoms with Crippen molar-refractivity contribution in [2.75, 3.05) is 18.6 Å². The first kappa shape index (κ1) is 13.0. The van der Waals surface area contributed by atoms with Gasteiger partial charge in [-0.1, -0.05) is 37.6 Å². The molecule has 1 atom stereocenters. The fourth-order valence-electron chi connectivity index (χ4n) is 2.46. The van der Waals surface area contributed by atoms with Crippen molar-refractivity contribution in [3.8, 4) is 0 Å². The van der Waals surface area contributed by atoms with Crippen molar-refractivity contribution in [3.05, 3.63) is 35.4 Å². The minimum absolute atomic E-state index is 0.509. The molecule has 1 unspecified atom stereocenters. The van der Waals surface area contributed by atoms with Crippen molar-refractivity contribution in [2.24, 2.45) is 0 Å². The molecule has 2 heteroatoms. The molecule has 1 saturated carbocycles. The van der Waals surface area contributed by atoms with Gasteiger partial charge in [0.1, 0.15) is 0 Å². The molecule has 17 heavy (non-hydrogen) atoms. The monoisotopic (exact) mass is 249 g/mol. The van der Waals surface area contributed by atoms with Gasteiger partial charge in [0.05, 0.1) is 0 Å². The summed E-state index contributed by atoms with van der Waals surface area (Å²) in [5, 5.41) is 3.58. The van der Waals surface area contributed by atoms with E-state index in [1.807, 2.05) is 11.8 Å². The van der Waals surface area contributed by atoms with Crippen molar-refractivity contribution in [1.82, 2.24) is 5.32 Å². The molecule has 0 aliphatic heterocycles. The number of hydrogen-bond donors (Lipinski definition) is 1. The molecule has 0 bridgehead atoms. The average Bonchev–Trinajstić information content (AvgIpc) is 2.27. The molecule has 0 heterocycles. The number of nitrogens with one attached hydrogen (secondary N) is 1. The van der Waals surface area contributed by atoms with Gasteiger partial charge >= 0.3 is 0 Å². The summed E-state index contributed by atoms with van der Waals surface area (Å²) in [5.41, 5.74) is 3.02. The van der Waals surface area contributed by atoms with Crippen LogP contribution in [0.5, 0.6) is 0 Å². The van der Waals surface area contributed by atoms with Crippen LogP contribution in [0.15, 0.2) is 24.3 Å².